The maximum Gasteiger partial charge on any atom is 0.103 e. The minimum atomic E-state index is 1.12. The van der Waals surface area contributed by atoms with E-state index in [9.17, 15) is 0 Å². The van der Waals surface area contributed by atoms with Crippen LogP contribution in [-0.4, -0.2) is 9.13 Å². The van der Waals surface area contributed by atoms with E-state index in [2.05, 4.69) is 226 Å². The molecule has 0 spiro atoms. The van der Waals surface area contributed by atoms with Crippen molar-refractivity contribution >= 4 is 91.3 Å². The Hall–Kier alpha value is -6.96. The van der Waals surface area contributed by atoms with Crippen LogP contribution in [0.2, 0.25) is 0 Å². The second kappa shape index (κ2) is 14.4. The highest BCUT2D eigenvalue weighted by atomic mass is 32.1. The van der Waals surface area contributed by atoms with Crippen molar-refractivity contribution in [2.45, 2.75) is 0 Å². The molecule has 60 heavy (non-hydrogen) atoms. The Kier molecular flexibility index (Phi) is 8.40. The number of hydrogen-bond acceptors (Lipinski definition) is 4. The minimum Gasteiger partial charge on any atom is -0.306 e. The number of aromatic nitrogens is 2. The summed E-state index contributed by atoms with van der Waals surface area (Å²) >= 11 is 5.65. The number of anilines is 3. The molecule has 0 N–H and O–H groups in total. The molecule has 0 aliphatic rings. The molecular weight excluding hydrogens is 787 g/mol. The van der Waals surface area contributed by atoms with Gasteiger partial charge < -0.3 is 14.0 Å². The van der Waals surface area contributed by atoms with Crippen molar-refractivity contribution in [1.82, 2.24) is 9.13 Å². The molecule has 5 aromatic heterocycles. The molecule has 0 radical (unpaired) electrons. The maximum absolute atomic E-state index is 2.51. The summed E-state index contributed by atoms with van der Waals surface area (Å²) in [6.07, 6.45) is 0. The monoisotopic (exact) mass is 821 g/mol. The number of para-hydroxylation sites is 1. The fourth-order valence-electron chi connectivity index (χ4n) is 8.65. The summed E-state index contributed by atoms with van der Waals surface area (Å²) in [4.78, 5) is 2.43. The van der Waals surface area contributed by atoms with Crippen LogP contribution in [0.5, 0.6) is 0 Å². The highest BCUT2D eigenvalue weighted by Crippen LogP contribution is 2.52. The summed E-state index contributed by atoms with van der Waals surface area (Å²) in [7, 11) is 0. The van der Waals surface area contributed by atoms with Crippen LogP contribution in [0.1, 0.15) is 0 Å². The molecule has 0 amide bonds. The van der Waals surface area contributed by atoms with Crippen molar-refractivity contribution < 1.29 is 0 Å². The Balaban J connectivity index is 1.07. The quantitative estimate of drug-likeness (QED) is 0.149. The van der Waals surface area contributed by atoms with Gasteiger partial charge in [0.1, 0.15) is 5.00 Å². The van der Waals surface area contributed by atoms with Gasteiger partial charge in [-0.25, -0.2) is 0 Å². The molecule has 0 atom stereocenters. The molecule has 284 valence electrons. The van der Waals surface area contributed by atoms with Crippen molar-refractivity contribution in [1.29, 1.82) is 0 Å². The van der Waals surface area contributed by atoms with E-state index < -0.39 is 0 Å². The van der Waals surface area contributed by atoms with Crippen LogP contribution >= 0.6 is 34.0 Å². The summed E-state index contributed by atoms with van der Waals surface area (Å²) in [5, 5.41) is 3.41. The van der Waals surface area contributed by atoms with Gasteiger partial charge in [-0.15, -0.1) is 34.0 Å². The van der Waals surface area contributed by atoms with Gasteiger partial charge in [0.05, 0.1) is 40.9 Å². The lowest BCUT2D eigenvalue weighted by Crippen LogP contribution is -2.08. The molecule has 0 aliphatic carbocycles. The van der Waals surface area contributed by atoms with Crippen molar-refractivity contribution in [3.8, 4) is 44.8 Å². The number of hydrogen-bond donors (Lipinski definition) is 0. The van der Waals surface area contributed by atoms with Crippen LogP contribution in [0.4, 0.5) is 16.4 Å². The highest BCUT2D eigenvalue weighted by Gasteiger charge is 2.27. The molecule has 12 rings (SSSR count). The first-order valence-electron chi connectivity index (χ1n) is 20.1. The average molecular weight is 822 g/mol. The van der Waals surface area contributed by atoms with Gasteiger partial charge in [-0.05, 0) is 99.4 Å². The fourth-order valence-corrected chi connectivity index (χ4v) is 12.3. The van der Waals surface area contributed by atoms with Gasteiger partial charge in [0, 0.05) is 22.7 Å². The lowest BCUT2D eigenvalue weighted by atomic mass is 10.0. The molecule has 5 heterocycles. The Bertz CT molecular complexity index is 3350. The SMILES string of the molecule is c1ccc(-c2ccc(N(c3ccc(-c4ccccc4)cc3)c3cc4c(s3)c3sc5c6sccc6n(-c6ccc(-c7ccccc7)cc6)c5c3n4-c3ccccc3)cc2)cc1. The van der Waals surface area contributed by atoms with Crippen LogP contribution in [0.3, 0.4) is 0 Å². The molecule has 0 bridgehead atoms. The molecular formula is C54H35N3S3. The summed E-state index contributed by atoms with van der Waals surface area (Å²) in [5.74, 6) is 0. The maximum atomic E-state index is 2.51. The summed E-state index contributed by atoms with van der Waals surface area (Å²) in [5.41, 5.74) is 16.8. The number of thiophene rings is 3. The van der Waals surface area contributed by atoms with Crippen LogP contribution in [0.15, 0.2) is 212 Å². The van der Waals surface area contributed by atoms with Crippen LogP contribution in [0, 0.1) is 0 Å². The third kappa shape index (κ3) is 5.75. The highest BCUT2D eigenvalue weighted by molar-refractivity contribution is 7.34. The zero-order valence-electron chi connectivity index (χ0n) is 32.3. The molecule has 12 aromatic rings. The van der Waals surface area contributed by atoms with Crippen molar-refractivity contribution in [2.75, 3.05) is 4.90 Å². The normalized spacial score (nSPS) is 11.7. The van der Waals surface area contributed by atoms with Crippen LogP contribution in [-0.2, 0) is 0 Å². The lowest BCUT2D eigenvalue weighted by Gasteiger charge is -2.24. The number of fused-ring (bicyclic) bond motifs is 7. The number of nitrogens with zero attached hydrogens (tertiary/aromatic N) is 3. The molecule has 0 saturated heterocycles. The van der Waals surface area contributed by atoms with E-state index in [-0.39, 0.29) is 0 Å². The van der Waals surface area contributed by atoms with Crippen molar-refractivity contribution in [2.24, 2.45) is 0 Å². The van der Waals surface area contributed by atoms with Gasteiger partial charge in [-0.3, -0.25) is 0 Å². The van der Waals surface area contributed by atoms with E-state index in [1.807, 2.05) is 34.0 Å². The molecule has 0 fully saturated rings. The smallest absolute Gasteiger partial charge is 0.103 e. The zero-order valence-corrected chi connectivity index (χ0v) is 34.7. The Morgan fingerprint density at radius 1 is 0.333 bits per heavy atom. The zero-order chi connectivity index (χ0) is 39.6. The average Bonchev–Trinajstić information content (AvgIpc) is 4.15. The molecule has 0 saturated carbocycles. The van der Waals surface area contributed by atoms with Gasteiger partial charge in [0.2, 0.25) is 0 Å². The first-order chi connectivity index (χ1) is 29.8. The number of benzene rings is 7. The van der Waals surface area contributed by atoms with Crippen molar-refractivity contribution in [3.63, 3.8) is 0 Å². The first-order valence-corrected chi connectivity index (χ1v) is 22.6. The molecule has 0 unspecified atom stereocenters. The summed E-state index contributed by atoms with van der Waals surface area (Å²) < 4.78 is 10.3. The third-order valence-corrected chi connectivity index (χ3v) is 15.0. The summed E-state index contributed by atoms with van der Waals surface area (Å²) in [6.45, 7) is 0. The Labute approximate surface area is 359 Å². The lowest BCUT2D eigenvalue weighted by molar-refractivity contribution is 1.15. The fraction of sp³-hybridized carbons (Fsp3) is 0. The first kappa shape index (κ1) is 35.0. The number of rotatable bonds is 8. The molecule has 7 aromatic carbocycles. The predicted octanol–water partition coefficient (Wildman–Crippen LogP) is 16.5. The van der Waals surface area contributed by atoms with E-state index >= 15 is 0 Å². The largest absolute Gasteiger partial charge is 0.306 e. The molecule has 0 aliphatic heterocycles. The van der Waals surface area contributed by atoms with Crippen molar-refractivity contribution in [3.05, 3.63) is 212 Å². The predicted molar refractivity (Wildman–Crippen MR) is 260 cm³/mol. The van der Waals surface area contributed by atoms with Gasteiger partial charge in [0.25, 0.3) is 0 Å². The molecule has 6 heteroatoms. The van der Waals surface area contributed by atoms with Gasteiger partial charge >= 0.3 is 0 Å². The Morgan fingerprint density at radius 2 is 0.750 bits per heavy atom. The third-order valence-electron chi connectivity index (χ3n) is 11.5. The van der Waals surface area contributed by atoms with Gasteiger partial charge in [-0.1, -0.05) is 146 Å². The topological polar surface area (TPSA) is 13.1 Å². The van der Waals surface area contributed by atoms with E-state index in [4.69, 9.17) is 0 Å². The van der Waals surface area contributed by atoms with E-state index in [1.54, 1.807) is 0 Å². The van der Waals surface area contributed by atoms with Crippen LogP contribution < -0.4 is 4.90 Å². The van der Waals surface area contributed by atoms with E-state index in [0.29, 0.717) is 0 Å². The second-order valence-electron chi connectivity index (χ2n) is 15.0. The van der Waals surface area contributed by atoms with Gasteiger partial charge in [0.15, 0.2) is 0 Å². The molecule has 3 nitrogen and oxygen atoms in total. The van der Waals surface area contributed by atoms with Gasteiger partial charge in [-0.2, -0.15) is 0 Å². The van der Waals surface area contributed by atoms with E-state index in [1.165, 1.54) is 84.9 Å². The summed E-state index contributed by atoms with van der Waals surface area (Å²) in [6, 6.07) is 74.6. The van der Waals surface area contributed by atoms with Crippen LogP contribution in [0.25, 0.3) is 85.6 Å². The second-order valence-corrected chi connectivity index (χ2v) is 17.9. The van der Waals surface area contributed by atoms with E-state index in [0.717, 1.165) is 17.1 Å². The minimum absolute atomic E-state index is 1.12. The standard InChI is InChI=1S/C54H35N3S3/c1-5-13-36(14-6-1)39-21-27-43(28-22-39)55(44-29-23-40(24-30-44)37-15-7-2-8-16-37)48-35-47-52(59-48)54-50(57(47)42-19-11-4-12-20-42)49-53(60-54)51-46(33-34-58-51)56(49)45-31-25-41(26-32-45)38-17-9-3-10-18-38/h1-35H. The Morgan fingerprint density at radius 3 is 1.27 bits per heavy atom.